The highest BCUT2D eigenvalue weighted by atomic mass is 16.3. The van der Waals surface area contributed by atoms with Crippen LogP contribution in [0.5, 0.6) is 0 Å². The second-order valence-electron chi connectivity index (χ2n) is 5.39. The lowest BCUT2D eigenvalue weighted by atomic mass is 10.0. The van der Waals surface area contributed by atoms with Gasteiger partial charge in [-0.25, -0.2) is 4.68 Å². The SMILES string of the molecule is CC(C)c1ccc(-n2nnc(CO)c2C(C)C)cc1. The third kappa shape index (κ3) is 2.68. The van der Waals surface area contributed by atoms with E-state index in [0.29, 0.717) is 11.6 Å². The molecule has 0 unspecified atom stereocenters. The Labute approximate surface area is 114 Å². The molecule has 0 saturated carbocycles. The van der Waals surface area contributed by atoms with Crippen molar-refractivity contribution in [2.75, 3.05) is 0 Å². The van der Waals surface area contributed by atoms with Crippen molar-refractivity contribution < 1.29 is 5.11 Å². The number of nitrogens with zero attached hydrogens (tertiary/aromatic N) is 3. The van der Waals surface area contributed by atoms with Crippen molar-refractivity contribution in [3.05, 3.63) is 41.2 Å². The van der Waals surface area contributed by atoms with E-state index in [1.54, 1.807) is 0 Å². The first-order valence-corrected chi connectivity index (χ1v) is 6.70. The Balaban J connectivity index is 2.44. The average molecular weight is 259 g/mol. The maximum Gasteiger partial charge on any atom is 0.112 e. The van der Waals surface area contributed by atoms with E-state index in [4.69, 9.17) is 0 Å². The van der Waals surface area contributed by atoms with E-state index in [-0.39, 0.29) is 12.5 Å². The van der Waals surface area contributed by atoms with Gasteiger partial charge in [0, 0.05) is 0 Å². The van der Waals surface area contributed by atoms with Crippen LogP contribution in [0.1, 0.15) is 56.5 Å². The Morgan fingerprint density at radius 1 is 1.05 bits per heavy atom. The molecule has 4 heteroatoms. The molecule has 19 heavy (non-hydrogen) atoms. The van der Waals surface area contributed by atoms with E-state index in [1.165, 1.54) is 5.56 Å². The normalized spacial score (nSPS) is 11.5. The summed E-state index contributed by atoms with van der Waals surface area (Å²) in [5.74, 6) is 0.782. The summed E-state index contributed by atoms with van der Waals surface area (Å²) in [4.78, 5) is 0. The Bertz CT molecular complexity index is 541. The average Bonchev–Trinajstić information content (AvgIpc) is 2.82. The molecular formula is C15H21N3O. The molecule has 0 aliphatic heterocycles. The Hall–Kier alpha value is -1.68. The lowest BCUT2D eigenvalue weighted by Crippen LogP contribution is -2.05. The number of aliphatic hydroxyl groups excluding tert-OH is 1. The first-order chi connectivity index (χ1) is 9.04. The molecule has 0 spiro atoms. The van der Waals surface area contributed by atoms with E-state index in [1.807, 2.05) is 4.68 Å². The molecule has 102 valence electrons. The minimum atomic E-state index is -0.0718. The van der Waals surface area contributed by atoms with Crippen molar-refractivity contribution in [2.24, 2.45) is 0 Å². The van der Waals surface area contributed by atoms with Crippen molar-refractivity contribution >= 4 is 0 Å². The first kappa shape index (κ1) is 13.7. The fourth-order valence-electron chi connectivity index (χ4n) is 2.20. The quantitative estimate of drug-likeness (QED) is 0.918. The largest absolute Gasteiger partial charge is 0.390 e. The molecular weight excluding hydrogens is 238 g/mol. The van der Waals surface area contributed by atoms with Crippen LogP contribution in [0, 0.1) is 0 Å². The summed E-state index contributed by atoms with van der Waals surface area (Å²) in [6.07, 6.45) is 0. The van der Waals surface area contributed by atoms with Gasteiger partial charge in [-0.05, 0) is 29.5 Å². The molecule has 0 aliphatic rings. The summed E-state index contributed by atoms with van der Waals surface area (Å²) in [7, 11) is 0. The van der Waals surface area contributed by atoms with Gasteiger partial charge in [0.2, 0.25) is 0 Å². The van der Waals surface area contributed by atoms with Crippen LogP contribution in [-0.2, 0) is 6.61 Å². The maximum atomic E-state index is 9.33. The maximum absolute atomic E-state index is 9.33. The molecule has 0 aliphatic carbocycles. The summed E-state index contributed by atoms with van der Waals surface area (Å²) in [5.41, 5.74) is 3.92. The van der Waals surface area contributed by atoms with Crippen LogP contribution in [0.25, 0.3) is 5.69 Å². The fraction of sp³-hybridized carbons (Fsp3) is 0.467. The third-order valence-electron chi connectivity index (χ3n) is 3.28. The molecule has 0 atom stereocenters. The van der Waals surface area contributed by atoms with E-state index in [2.05, 4.69) is 62.3 Å². The fourth-order valence-corrected chi connectivity index (χ4v) is 2.20. The van der Waals surface area contributed by atoms with Crippen molar-refractivity contribution in [3.8, 4) is 5.69 Å². The molecule has 1 aromatic carbocycles. The summed E-state index contributed by atoms with van der Waals surface area (Å²) < 4.78 is 1.82. The van der Waals surface area contributed by atoms with Gasteiger partial charge in [0.05, 0.1) is 18.0 Å². The number of aromatic nitrogens is 3. The second-order valence-corrected chi connectivity index (χ2v) is 5.39. The Kier molecular flexibility index (Phi) is 4.00. The summed E-state index contributed by atoms with van der Waals surface area (Å²) >= 11 is 0. The monoisotopic (exact) mass is 259 g/mol. The topological polar surface area (TPSA) is 50.9 Å². The second kappa shape index (κ2) is 5.53. The lowest BCUT2D eigenvalue weighted by molar-refractivity contribution is 0.275. The minimum absolute atomic E-state index is 0.0718. The molecule has 4 nitrogen and oxygen atoms in total. The predicted octanol–water partition coefficient (Wildman–Crippen LogP) is 3.01. The molecule has 1 heterocycles. The van der Waals surface area contributed by atoms with Gasteiger partial charge in [0.15, 0.2) is 0 Å². The summed E-state index contributed by atoms with van der Waals surface area (Å²) in [5, 5.41) is 17.5. The van der Waals surface area contributed by atoms with Crippen LogP contribution in [0.2, 0.25) is 0 Å². The zero-order valence-electron chi connectivity index (χ0n) is 12.0. The van der Waals surface area contributed by atoms with Crippen molar-refractivity contribution in [3.63, 3.8) is 0 Å². The van der Waals surface area contributed by atoms with E-state index in [0.717, 1.165) is 11.4 Å². The highest BCUT2D eigenvalue weighted by molar-refractivity contribution is 5.37. The van der Waals surface area contributed by atoms with Gasteiger partial charge in [-0.3, -0.25) is 0 Å². The smallest absolute Gasteiger partial charge is 0.112 e. The standard InChI is InChI=1S/C15H21N3O/c1-10(2)12-5-7-13(8-6-12)18-15(11(3)4)14(9-19)16-17-18/h5-8,10-11,19H,9H2,1-4H3. The van der Waals surface area contributed by atoms with Crippen LogP contribution in [0.3, 0.4) is 0 Å². The van der Waals surface area contributed by atoms with Gasteiger partial charge in [0.25, 0.3) is 0 Å². The molecule has 2 aromatic rings. The van der Waals surface area contributed by atoms with E-state index >= 15 is 0 Å². The van der Waals surface area contributed by atoms with Gasteiger partial charge >= 0.3 is 0 Å². The van der Waals surface area contributed by atoms with Crippen LogP contribution in [0.15, 0.2) is 24.3 Å². The van der Waals surface area contributed by atoms with Crippen molar-refractivity contribution in [1.82, 2.24) is 15.0 Å². The zero-order chi connectivity index (χ0) is 14.0. The number of benzene rings is 1. The zero-order valence-corrected chi connectivity index (χ0v) is 12.0. The highest BCUT2D eigenvalue weighted by Gasteiger charge is 2.16. The first-order valence-electron chi connectivity index (χ1n) is 6.70. The van der Waals surface area contributed by atoms with Gasteiger partial charge < -0.3 is 5.11 Å². The van der Waals surface area contributed by atoms with Gasteiger partial charge in [-0.2, -0.15) is 0 Å². The Morgan fingerprint density at radius 2 is 1.68 bits per heavy atom. The van der Waals surface area contributed by atoms with Crippen molar-refractivity contribution in [1.29, 1.82) is 0 Å². The predicted molar refractivity (Wildman–Crippen MR) is 75.5 cm³/mol. The van der Waals surface area contributed by atoms with Crippen LogP contribution >= 0.6 is 0 Å². The number of aliphatic hydroxyl groups is 1. The third-order valence-corrected chi connectivity index (χ3v) is 3.28. The highest BCUT2D eigenvalue weighted by Crippen LogP contribution is 2.23. The number of rotatable bonds is 4. The Morgan fingerprint density at radius 3 is 2.16 bits per heavy atom. The molecule has 0 fully saturated rings. The summed E-state index contributed by atoms with van der Waals surface area (Å²) in [6, 6.07) is 8.34. The molecule has 1 aromatic heterocycles. The molecule has 0 saturated heterocycles. The minimum Gasteiger partial charge on any atom is -0.390 e. The number of hydrogen-bond acceptors (Lipinski definition) is 3. The summed E-state index contributed by atoms with van der Waals surface area (Å²) in [6.45, 7) is 8.44. The molecule has 1 N–H and O–H groups in total. The van der Waals surface area contributed by atoms with Gasteiger partial charge in [-0.1, -0.05) is 45.0 Å². The van der Waals surface area contributed by atoms with Crippen molar-refractivity contribution in [2.45, 2.75) is 46.1 Å². The number of hydrogen-bond donors (Lipinski definition) is 1. The van der Waals surface area contributed by atoms with E-state index < -0.39 is 0 Å². The van der Waals surface area contributed by atoms with Crippen LogP contribution in [-0.4, -0.2) is 20.1 Å². The molecule has 2 rings (SSSR count). The van der Waals surface area contributed by atoms with Gasteiger partial charge in [0.1, 0.15) is 5.69 Å². The van der Waals surface area contributed by atoms with Gasteiger partial charge in [-0.15, -0.1) is 5.10 Å². The molecule has 0 amide bonds. The molecule has 0 radical (unpaired) electrons. The van der Waals surface area contributed by atoms with Crippen LogP contribution in [0.4, 0.5) is 0 Å². The van der Waals surface area contributed by atoms with Crippen LogP contribution < -0.4 is 0 Å². The lowest BCUT2D eigenvalue weighted by Gasteiger charge is -2.11. The molecule has 0 bridgehead atoms. The van der Waals surface area contributed by atoms with E-state index in [9.17, 15) is 5.11 Å².